The molecule has 4 amide bonds. The van der Waals surface area contributed by atoms with Crippen LogP contribution in [0.5, 0.6) is 11.5 Å². The fraction of sp³-hybridized carbons (Fsp3) is 0.357. The van der Waals surface area contributed by atoms with Gasteiger partial charge in [0.05, 0.1) is 24.6 Å². The first-order chi connectivity index (χ1) is 18.1. The number of carbonyl (C=O) groups excluding carboxylic acids is 4. The van der Waals surface area contributed by atoms with Crippen LogP contribution in [0.2, 0.25) is 0 Å². The van der Waals surface area contributed by atoms with Gasteiger partial charge in [0.2, 0.25) is 11.8 Å². The normalized spacial score (nSPS) is 34.2. The number of anilines is 1. The first-order valence-corrected chi connectivity index (χ1v) is 13.0. The molecule has 0 bridgehead atoms. The highest BCUT2D eigenvalue weighted by molar-refractivity contribution is 6.53. The molecule has 2 aromatic rings. The third kappa shape index (κ3) is 2.98. The maximum atomic E-state index is 13.9. The summed E-state index contributed by atoms with van der Waals surface area (Å²) >= 11 is 14.3. The van der Waals surface area contributed by atoms with Gasteiger partial charge in [0, 0.05) is 24.6 Å². The van der Waals surface area contributed by atoms with Gasteiger partial charge in [-0.05, 0) is 37.0 Å². The van der Waals surface area contributed by atoms with Gasteiger partial charge in [-0.15, -0.1) is 23.2 Å². The Balaban J connectivity index is 1.55. The Morgan fingerprint density at radius 2 is 1.68 bits per heavy atom. The minimum Gasteiger partial charge on any atom is -0.508 e. The monoisotopic (exact) mass is 554 g/mol. The average Bonchev–Trinajstić information content (AvgIpc) is 3.24. The molecule has 10 heteroatoms. The number of carbonyl (C=O) groups is 4. The molecule has 0 radical (unpaired) electrons. The van der Waals surface area contributed by atoms with Crippen LogP contribution in [-0.4, -0.2) is 57.5 Å². The molecule has 0 unspecified atom stereocenters. The van der Waals surface area contributed by atoms with E-state index < -0.39 is 45.2 Å². The van der Waals surface area contributed by atoms with Crippen molar-refractivity contribution in [3.05, 3.63) is 65.7 Å². The Labute approximate surface area is 228 Å². The minimum absolute atomic E-state index is 0.0579. The lowest BCUT2D eigenvalue weighted by atomic mass is 9.56. The first-order valence-electron chi connectivity index (χ1n) is 12.3. The van der Waals surface area contributed by atoms with Crippen LogP contribution < -0.4 is 9.64 Å². The number of phenolic OH excluding ortho intramolecular Hbond substituents is 1. The molecule has 196 valence electrons. The van der Waals surface area contributed by atoms with Crippen molar-refractivity contribution in [1.29, 1.82) is 0 Å². The fourth-order valence-corrected chi connectivity index (χ4v) is 7.87. The third-order valence-corrected chi connectivity index (χ3v) is 9.97. The molecule has 6 atom stereocenters. The number of imide groups is 2. The lowest BCUT2D eigenvalue weighted by Gasteiger charge is -2.51. The van der Waals surface area contributed by atoms with Gasteiger partial charge in [-0.2, -0.15) is 0 Å². The van der Waals surface area contributed by atoms with Crippen LogP contribution in [0.4, 0.5) is 5.69 Å². The minimum atomic E-state index is -1.91. The fourth-order valence-electron chi connectivity index (χ4n) is 6.86. The number of ether oxygens (including phenoxy) is 1. The molecule has 8 nitrogen and oxygen atoms in total. The Morgan fingerprint density at radius 1 is 0.974 bits per heavy atom. The largest absolute Gasteiger partial charge is 0.508 e. The van der Waals surface area contributed by atoms with E-state index in [2.05, 4.69) is 0 Å². The van der Waals surface area contributed by atoms with Crippen molar-refractivity contribution in [1.82, 2.24) is 4.90 Å². The van der Waals surface area contributed by atoms with E-state index in [0.29, 0.717) is 16.8 Å². The molecule has 3 fully saturated rings. The number of aromatic hydroxyl groups is 1. The van der Waals surface area contributed by atoms with Gasteiger partial charge in [0.25, 0.3) is 11.8 Å². The van der Waals surface area contributed by atoms with E-state index in [-0.39, 0.29) is 36.2 Å². The second-order valence-corrected chi connectivity index (χ2v) is 11.5. The summed E-state index contributed by atoms with van der Waals surface area (Å²) in [5, 5.41) is 10.1. The Bertz CT molecular complexity index is 1440. The third-order valence-electron chi connectivity index (χ3n) is 8.56. The van der Waals surface area contributed by atoms with E-state index in [1.165, 1.54) is 31.2 Å². The van der Waals surface area contributed by atoms with Crippen molar-refractivity contribution in [2.24, 2.45) is 17.8 Å². The summed E-state index contributed by atoms with van der Waals surface area (Å²) < 4.78 is 5.55. The van der Waals surface area contributed by atoms with Crippen LogP contribution in [0.3, 0.4) is 0 Å². The van der Waals surface area contributed by atoms with E-state index in [1.807, 2.05) is 6.08 Å². The van der Waals surface area contributed by atoms with Crippen molar-refractivity contribution in [2.45, 2.75) is 28.5 Å². The summed E-state index contributed by atoms with van der Waals surface area (Å²) in [6.45, 7) is 0. The highest BCUT2D eigenvalue weighted by atomic mass is 35.5. The molecule has 0 spiro atoms. The molecule has 2 saturated heterocycles. The topological polar surface area (TPSA) is 104 Å². The lowest BCUT2D eigenvalue weighted by Crippen LogP contribution is -2.60. The molecule has 2 aromatic carbocycles. The molecule has 2 heterocycles. The number of fused-ring (bicyclic) bond motifs is 4. The Kier molecular flexibility index (Phi) is 5.46. The molecule has 6 rings (SSSR count). The molecule has 38 heavy (non-hydrogen) atoms. The number of hydrogen-bond acceptors (Lipinski definition) is 6. The number of methoxy groups -OCH3 is 1. The molecule has 0 aromatic heterocycles. The van der Waals surface area contributed by atoms with Crippen LogP contribution >= 0.6 is 23.2 Å². The van der Waals surface area contributed by atoms with Gasteiger partial charge in [0.15, 0.2) is 9.75 Å². The van der Waals surface area contributed by atoms with Crippen LogP contribution in [-0.2, 0) is 19.2 Å². The maximum Gasteiger partial charge on any atom is 0.253 e. The highest BCUT2D eigenvalue weighted by Crippen LogP contribution is 2.66. The number of likely N-dealkylation sites (tertiary alicyclic amines) is 1. The quantitative estimate of drug-likeness (QED) is 0.353. The molecule has 2 aliphatic carbocycles. The zero-order valence-corrected chi connectivity index (χ0v) is 22.1. The van der Waals surface area contributed by atoms with Crippen molar-refractivity contribution in [2.75, 3.05) is 19.1 Å². The van der Waals surface area contributed by atoms with Crippen molar-refractivity contribution in [3.8, 4) is 11.5 Å². The number of alkyl halides is 2. The standard InChI is InChI=1S/C28H24Cl2N2O6/c1-31-25(36)27(29)13-19-16(22(28(27,30)26(31)37)17-9-8-15(33)12-20(17)38-2)10-11-18-21(19)24(35)32(23(18)34)14-6-4-3-5-7-14/h3-10,12,18-19,21-22,33H,11,13H2,1-2H3/t18-,19+,21-,22+,27+,28-/m0/s1. The zero-order valence-electron chi connectivity index (χ0n) is 20.6. The van der Waals surface area contributed by atoms with Gasteiger partial charge in [-0.1, -0.05) is 35.9 Å². The second kappa shape index (κ2) is 8.32. The van der Waals surface area contributed by atoms with E-state index in [0.717, 1.165) is 4.90 Å². The predicted molar refractivity (Wildman–Crippen MR) is 139 cm³/mol. The zero-order chi connectivity index (χ0) is 27.1. The summed E-state index contributed by atoms with van der Waals surface area (Å²) in [6, 6.07) is 13.1. The van der Waals surface area contributed by atoms with Gasteiger partial charge in [-0.25, -0.2) is 0 Å². The number of phenols is 1. The van der Waals surface area contributed by atoms with Crippen molar-refractivity contribution < 1.29 is 29.0 Å². The molecule has 1 N–H and O–H groups in total. The van der Waals surface area contributed by atoms with E-state index >= 15 is 0 Å². The number of nitrogens with zero attached hydrogens (tertiary/aromatic N) is 2. The second-order valence-electron chi connectivity index (χ2n) is 10.3. The van der Waals surface area contributed by atoms with Gasteiger partial charge >= 0.3 is 0 Å². The van der Waals surface area contributed by atoms with E-state index in [4.69, 9.17) is 27.9 Å². The number of hydrogen-bond donors (Lipinski definition) is 1. The number of amides is 4. The predicted octanol–water partition coefficient (Wildman–Crippen LogP) is 3.59. The number of para-hydroxylation sites is 1. The van der Waals surface area contributed by atoms with Crippen LogP contribution in [0.1, 0.15) is 24.3 Å². The molecule has 2 aliphatic heterocycles. The van der Waals surface area contributed by atoms with Gasteiger partial charge < -0.3 is 9.84 Å². The highest BCUT2D eigenvalue weighted by Gasteiger charge is 2.76. The van der Waals surface area contributed by atoms with Crippen LogP contribution in [0, 0.1) is 17.8 Å². The summed E-state index contributed by atoms with van der Waals surface area (Å²) in [4.78, 5) is 52.9. The molecule has 4 aliphatic rings. The molecule has 1 saturated carbocycles. The number of rotatable bonds is 3. The van der Waals surface area contributed by atoms with Crippen molar-refractivity contribution >= 4 is 52.5 Å². The average molecular weight is 555 g/mol. The SMILES string of the molecule is COc1cc(O)ccc1[C@H]1C2=CC[C@@H]3C(=O)N(c4ccccc4)C(=O)[C@@H]3[C@@H]2C[C@@]2(Cl)C(=O)N(C)C(=O)[C@@]12Cl. The smallest absolute Gasteiger partial charge is 0.253 e. The Hall–Kier alpha value is -3.36. The summed E-state index contributed by atoms with van der Waals surface area (Å²) in [5.41, 5.74) is 1.59. The van der Waals surface area contributed by atoms with Gasteiger partial charge in [0.1, 0.15) is 11.5 Å². The van der Waals surface area contributed by atoms with Crippen LogP contribution in [0.25, 0.3) is 0 Å². The van der Waals surface area contributed by atoms with E-state index in [9.17, 15) is 24.3 Å². The van der Waals surface area contributed by atoms with Crippen LogP contribution in [0.15, 0.2) is 60.2 Å². The molecular weight excluding hydrogens is 531 g/mol. The summed E-state index contributed by atoms with van der Waals surface area (Å²) in [6.07, 6.45) is 2.04. The summed E-state index contributed by atoms with van der Waals surface area (Å²) in [5.74, 6) is -4.78. The number of allylic oxidation sites excluding steroid dienone is 2. The number of benzene rings is 2. The van der Waals surface area contributed by atoms with Gasteiger partial charge in [-0.3, -0.25) is 29.0 Å². The summed E-state index contributed by atoms with van der Waals surface area (Å²) in [7, 11) is 2.76. The maximum absolute atomic E-state index is 13.9. The molecular formula is C28H24Cl2N2O6. The first kappa shape index (κ1) is 24.9. The lowest BCUT2D eigenvalue weighted by molar-refractivity contribution is -0.138. The number of halogens is 2. The van der Waals surface area contributed by atoms with E-state index in [1.54, 1.807) is 36.4 Å². The Morgan fingerprint density at radius 3 is 2.37 bits per heavy atom. The van der Waals surface area contributed by atoms with Crippen molar-refractivity contribution in [3.63, 3.8) is 0 Å².